The Kier molecular flexibility index (Phi) is 5.15. The molecular weight excluding hydrogens is 372 g/mol. The number of para-hydroxylation sites is 1. The minimum absolute atomic E-state index is 0.00123. The van der Waals surface area contributed by atoms with Gasteiger partial charge in [-0.2, -0.15) is 0 Å². The number of benzene rings is 1. The smallest absolute Gasteiger partial charge is 0.247 e. The molecule has 6 rings (SSSR count). The summed E-state index contributed by atoms with van der Waals surface area (Å²) in [5.74, 6) is 2.94. The summed E-state index contributed by atoms with van der Waals surface area (Å²) in [6, 6.07) is 7.82. The van der Waals surface area contributed by atoms with E-state index in [-0.39, 0.29) is 17.4 Å². The first kappa shape index (κ1) is 20.1. The normalized spacial score (nSPS) is 35.5. The number of hydrogen-bond donors (Lipinski definition) is 1. The van der Waals surface area contributed by atoms with E-state index in [4.69, 9.17) is 0 Å². The molecule has 5 fully saturated rings. The molecule has 1 heterocycles. The molecule has 1 aromatic rings. The zero-order valence-electron chi connectivity index (χ0n) is 18.5. The fourth-order valence-corrected chi connectivity index (χ4v) is 7.44. The van der Waals surface area contributed by atoms with Gasteiger partial charge in [0.05, 0.1) is 5.41 Å². The zero-order valence-corrected chi connectivity index (χ0v) is 18.5. The van der Waals surface area contributed by atoms with E-state index >= 15 is 0 Å². The molecule has 5 aliphatic rings. The lowest BCUT2D eigenvalue weighted by Crippen LogP contribution is -2.56. The van der Waals surface area contributed by atoms with Crippen LogP contribution in [-0.4, -0.2) is 29.3 Å². The van der Waals surface area contributed by atoms with E-state index in [9.17, 15) is 9.59 Å². The van der Waals surface area contributed by atoms with Gasteiger partial charge in [-0.3, -0.25) is 9.59 Å². The monoisotopic (exact) mass is 408 g/mol. The van der Waals surface area contributed by atoms with Crippen molar-refractivity contribution in [1.29, 1.82) is 0 Å². The van der Waals surface area contributed by atoms with Gasteiger partial charge in [0, 0.05) is 12.2 Å². The van der Waals surface area contributed by atoms with Gasteiger partial charge >= 0.3 is 0 Å². The maximum Gasteiger partial charge on any atom is 0.247 e. The number of likely N-dealkylation sites (tertiary alicyclic amines) is 1. The van der Waals surface area contributed by atoms with E-state index in [0.29, 0.717) is 11.8 Å². The third kappa shape index (κ3) is 3.36. The van der Waals surface area contributed by atoms with E-state index in [0.717, 1.165) is 68.5 Å². The Hall–Kier alpha value is -1.84. The van der Waals surface area contributed by atoms with E-state index in [1.807, 2.05) is 23.1 Å². The summed E-state index contributed by atoms with van der Waals surface area (Å²) in [6.07, 6.45) is 9.97. The average molecular weight is 409 g/mol. The molecule has 2 atom stereocenters. The number of anilines is 1. The van der Waals surface area contributed by atoms with Crippen molar-refractivity contribution in [3.8, 4) is 0 Å². The van der Waals surface area contributed by atoms with E-state index in [1.165, 1.54) is 24.8 Å². The molecule has 162 valence electrons. The predicted octanol–water partition coefficient (Wildman–Crippen LogP) is 5.35. The predicted molar refractivity (Wildman–Crippen MR) is 119 cm³/mol. The molecule has 0 aromatic heterocycles. The van der Waals surface area contributed by atoms with Crippen molar-refractivity contribution < 1.29 is 9.59 Å². The van der Waals surface area contributed by atoms with Gasteiger partial charge in [-0.15, -0.1) is 0 Å². The van der Waals surface area contributed by atoms with Crippen molar-refractivity contribution in [3.05, 3.63) is 29.8 Å². The standard InChI is InChI=1S/C26H36N2O2/c1-3-17(2)21-7-4-5-8-22(21)27-24(29)23-9-6-10-28(23)25(30)26-14-18-11-19(15-26)13-20(12-18)16-26/h4-5,7-8,17-20,23H,3,6,9-16H2,1-2H3,(H,27,29)/t17-,18?,19?,20?,23+,26?/m1/s1. The van der Waals surface area contributed by atoms with E-state index in [2.05, 4.69) is 25.2 Å². The van der Waals surface area contributed by atoms with Gasteiger partial charge in [-0.25, -0.2) is 0 Å². The first-order chi connectivity index (χ1) is 14.5. The summed E-state index contributed by atoms with van der Waals surface area (Å²) in [5.41, 5.74) is 1.93. The highest BCUT2D eigenvalue weighted by Crippen LogP contribution is 2.60. The molecule has 2 amide bonds. The number of carbonyl (C=O) groups excluding carboxylic acids is 2. The van der Waals surface area contributed by atoms with Crippen LogP contribution in [0.4, 0.5) is 5.69 Å². The molecule has 4 bridgehead atoms. The summed E-state index contributed by atoms with van der Waals surface area (Å²) in [7, 11) is 0. The van der Waals surface area contributed by atoms with Gasteiger partial charge < -0.3 is 10.2 Å². The topological polar surface area (TPSA) is 49.4 Å². The van der Waals surface area contributed by atoms with Crippen molar-refractivity contribution >= 4 is 17.5 Å². The maximum absolute atomic E-state index is 13.8. The van der Waals surface area contributed by atoms with Crippen LogP contribution in [0.5, 0.6) is 0 Å². The second-order valence-electron chi connectivity index (χ2n) is 10.7. The first-order valence-electron chi connectivity index (χ1n) is 12.2. The molecule has 0 spiro atoms. The molecule has 4 nitrogen and oxygen atoms in total. The quantitative estimate of drug-likeness (QED) is 0.714. The lowest BCUT2D eigenvalue weighted by Gasteiger charge is -2.56. The molecule has 0 unspecified atom stereocenters. The molecule has 1 saturated heterocycles. The molecule has 30 heavy (non-hydrogen) atoms. The lowest BCUT2D eigenvalue weighted by atomic mass is 9.49. The van der Waals surface area contributed by atoms with E-state index in [1.54, 1.807) is 0 Å². The molecule has 4 aliphatic carbocycles. The third-order valence-corrected chi connectivity index (χ3v) is 8.67. The highest BCUT2D eigenvalue weighted by Gasteiger charge is 2.56. The number of rotatable bonds is 5. The largest absolute Gasteiger partial charge is 0.330 e. The Morgan fingerprint density at radius 2 is 1.73 bits per heavy atom. The van der Waals surface area contributed by atoms with Crippen molar-refractivity contribution in [1.82, 2.24) is 4.90 Å². The fourth-order valence-electron chi connectivity index (χ4n) is 7.44. The van der Waals surface area contributed by atoms with Crippen LogP contribution in [0, 0.1) is 23.2 Å². The molecule has 4 heteroatoms. The molecule has 0 radical (unpaired) electrons. The van der Waals surface area contributed by atoms with Crippen molar-refractivity contribution in [2.24, 2.45) is 23.2 Å². The van der Waals surface area contributed by atoms with Gasteiger partial charge in [-0.05, 0) is 93.1 Å². The summed E-state index contributed by atoms with van der Waals surface area (Å²) in [5, 5.41) is 3.19. The molecule has 1 aromatic carbocycles. The Bertz CT molecular complexity index is 797. The van der Waals surface area contributed by atoms with Crippen LogP contribution in [-0.2, 0) is 9.59 Å². The molecule has 4 saturated carbocycles. The van der Waals surface area contributed by atoms with Crippen LogP contribution in [0.25, 0.3) is 0 Å². The summed E-state index contributed by atoms with van der Waals surface area (Å²) in [6.45, 7) is 5.11. The molecular formula is C26H36N2O2. The van der Waals surface area contributed by atoms with Crippen LogP contribution in [0.15, 0.2) is 24.3 Å². The van der Waals surface area contributed by atoms with Crippen molar-refractivity contribution in [2.45, 2.75) is 83.6 Å². The van der Waals surface area contributed by atoms with Gasteiger partial charge in [0.25, 0.3) is 0 Å². The van der Waals surface area contributed by atoms with Crippen molar-refractivity contribution in [3.63, 3.8) is 0 Å². The van der Waals surface area contributed by atoms with Crippen molar-refractivity contribution in [2.75, 3.05) is 11.9 Å². The third-order valence-electron chi connectivity index (χ3n) is 8.67. The lowest BCUT2D eigenvalue weighted by molar-refractivity contribution is -0.160. The number of hydrogen-bond acceptors (Lipinski definition) is 2. The van der Waals surface area contributed by atoms with Crippen LogP contribution in [0.3, 0.4) is 0 Å². The number of amides is 2. The van der Waals surface area contributed by atoms with Crippen LogP contribution in [0.2, 0.25) is 0 Å². The zero-order chi connectivity index (χ0) is 20.9. The maximum atomic E-state index is 13.8. The van der Waals surface area contributed by atoms with Gasteiger partial charge in [-0.1, -0.05) is 32.0 Å². The second kappa shape index (κ2) is 7.69. The van der Waals surface area contributed by atoms with Crippen LogP contribution >= 0.6 is 0 Å². The van der Waals surface area contributed by atoms with Gasteiger partial charge in [0.1, 0.15) is 6.04 Å². The second-order valence-corrected chi connectivity index (χ2v) is 10.7. The minimum Gasteiger partial charge on any atom is -0.330 e. The highest BCUT2D eigenvalue weighted by atomic mass is 16.2. The summed E-state index contributed by atoms with van der Waals surface area (Å²) >= 11 is 0. The first-order valence-corrected chi connectivity index (χ1v) is 12.2. The summed E-state index contributed by atoms with van der Waals surface area (Å²) in [4.78, 5) is 29.1. The Labute approximate surface area is 180 Å². The Morgan fingerprint density at radius 3 is 2.37 bits per heavy atom. The van der Waals surface area contributed by atoms with Crippen LogP contribution in [0.1, 0.15) is 83.1 Å². The fraction of sp³-hybridized carbons (Fsp3) is 0.692. The van der Waals surface area contributed by atoms with Crippen LogP contribution < -0.4 is 5.32 Å². The number of carbonyl (C=O) groups is 2. The average Bonchev–Trinajstić information content (AvgIpc) is 3.22. The SMILES string of the molecule is CC[C@@H](C)c1ccccc1NC(=O)[C@@H]1CCCN1C(=O)C12CC3CC(CC(C3)C1)C2. The Morgan fingerprint density at radius 1 is 1.10 bits per heavy atom. The van der Waals surface area contributed by atoms with Gasteiger partial charge in [0.2, 0.25) is 11.8 Å². The molecule has 1 N–H and O–H groups in total. The number of nitrogens with zero attached hydrogens (tertiary/aromatic N) is 1. The minimum atomic E-state index is -0.310. The Balaban J connectivity index is 1.33. The number of nitrogens with one attached hydrogen (secondary N) is 1. The highest BCUT2D eigenvalue weighted by molar-refractivity contribution is 5.99. The van der Waals surface area contributed by atoms with E-state index < -0.39 is 0 Å². The summed E-state index contributed by atoms with van der Waals surface area (Å²) < 4.78 is 0. The molecule has 1 aliphatic heterocycles. The van der Waals surface area contributed by atoms with Gasteiger partial charge in [0.15, 0.2) is 0 Å².